The molecule has 9 atom stereocenters. The molecule has 9 aliphatic rings. The van der Waals surface area contributed by atoms with Crippen LogP contribution >= 0.6 is 92.8 Å². The molecule has 3 fully saturated rings. The van der Waals surface area contributed by atoms with Crippen molar-refractivity contribution in [1.82, 2.24) is 93.6 Å². The number of imidazole rings is 3. The standard InChI is InChI=1S/C30H21Cl3FN7O.C30H22Cl3N7O.C29H20Cl2F2N8O/c1-13-2-4-16-21(35-13)6-5-17(26(16)33)27-29(34)37-30(36-27)28-20-11-19(20)23-8-14(9-25(42)41(23)28)18-10-15(31)3-7-22(18)40-12-24(32)38-39-40;1-14-2-4-17-22(35-14)6-5-18(28(17)33)23-12-34-30(36-23)29-21-11-20(21)25-8-15(9-27(41)40(25)29)19-10-16(31)3-7-24(19)39-13-26(32)37-38-39;1-12-2-4-14-19(34-12)6-5-15(24(14)32)25-27(33)37-28(36-25)26-16-9-17(16)29-35-20(10-23(42)41(26)29)18-8-13(30)3-7-21(18)40-11-22(31)38-39-40/h3,5-10,12,19-20,28,35H,1-2,4,11H2,(H,36,37);3,5-10,12-13,20-21,29,35H,1-2,4,11H2,(H,34,36);3,5-8,10-11,16-17,26,34H,1-2,4,9H2,(H,36,37). The first-order valence-corrected chi connectivity index (χ1v) is 43.1. The molecule has 36 heteroatoms. The van der Waals surface area contributed by atoms with Crippen LogP contribution in [0.25, 0.3) is 84.3 Å². The highest BCUT2D eigenvalue weighted by atomic mass is 35.5. The number of rotatable bonds is 12. The van der Waals surface area contributed by atoms with E-state index in [0.29, 0.717) is 107 Å². The maximum atomic E-state index is 15.5. The third kappa shape index (κ3) is 13.6. The lowest BCUT2D eigenvalue weighted by atomic mass is 9.97. The first kappa shape index (κ1) is 78.8. The van der Waals surface area contributed by atoms with Crippen molar-refractivity contribution in [2.75, 3.05) is 16.0 Å². The molecule has 0 saturated heterocycles. The molecular weight excluding hydrogens is 1770 g/mol. The fourth-order valence-corrected chi connectivity index (χ4v) is 20.7. The second-order valence-corrected chi connectivity index (χ2v) is 35.8. The Hall–Kier alpha value is -12.1. The van der Waals surface area contributed by atoms with Gasteiger partial charge in [-0.3, -0.25) is 19.0 Å². The van der Waals surface area contributed by atoms with Gasteiger partial charge in [-0.2, -0.15) is 8.78 Å². The van der Waals surface area contributed by atoms with E-state index in [1.165, 1.54) is 16.8 Å². The quantitative estimate of drug-likeness (QED) is 0.0662. The van der Waals surface area contributed by atoms with Gasteiger partial charge in [0, 0.05) is 136 Å². The number of halogens is 11. The topological polar surface area (TPSA) is 293 Å². The fraction of sp³-hybridized carbons (Fsp3) is 0.202. The first-order valence-electron chi connectivity index (χ1n) is 40.0. The monoisotopic (exact) mass is 1820 g/mol. The molecule has 15 aromatic rings. The van der Waals surface area contributed by atoms with Gasteiger partial charge >= 0.3 is 0 Å². The van der Waals surface area contributed by atoms with E-state index in [1.54, 1.807) is 97.8 Å². The molecule has 6 aliphatic heterocycles. The van der Waals surface area contributed by atoms with Gasteiger partial charge in [0.1, 0.15) is 40.5 Å². The number of hydrogen-bond donors (Lipinski definition) is 6. The molecular formula is C89H63Cl8F3N22O3. The summed E-state index contributed by atoms with van der Waals surface area (Å²) in [6.45, 7) is 11.9. The number of pyridine rings is 2. The minimum absolute atomic E-state index is 0.00219. The van der Waals surface area contributed by atoms with Gasteiger partial charge in [-0.1, -0.05) is 128 Å². The maximum absolute atomic E-state index is 15.5. The number of allylic oxidation sites excluding steroid dienone is 3. The van der Waals surface area contributed by atoms with Crippen molar-refractivity contribution in [2.45, 2.75) is 93.7 Å². The number of nitrogens with zero attached hydrogens (tertiary/aromatic N) is 16. The van der Waals surface area contributed by atoms with Crippen LogP contribution in [0.1, 0.15) is 126 Å². The largest absolute Gasteiger partial charge is 0.359 e. The number of hydrogen-bond acceptors (Lipinski definition) is 16. The SMILES string of the molecule is C=C1CCc2c(ccc(-c3cnc(C4C5CC5c5cc(-c6cc(Cl)ccc6-n6cc(Cl)nn6)cc(=O)n54)[nH]3)c2Cl)N1.C=C1CCc2c(ccc(-c3nc(C4C5CC5c5cc(-c6cc(Cl)ccc6-n6cc(Cl)nn6)cc(=O)n54)[nH]c3F)c2Cl)N1.C=C1CCc2c(ccc(-c3nc(C4C5CC5c5nc(-c6cc(Cl)ccc6-n6cc(Cl)nn6)cc(=O)n54)[nH]c3F)c2F)N1. The van der Waals surface area contributed by atoms with E-state index in [4.69, 9.17) is 108 Å². The van der Waals surface area contributed by atoms with Crippen LogP contribution in [0, 0.1) is 35.5 Å². The summed E-state index contributed by atoms with van der Waals surface area (Å²) in [4.78, 5) is 68.9. The molecule has 0 amide bonds. The van der Waals surface area contributed by atoms with E-state index in [9.17, 15) is 14.4 Å². The van der Waals surface area contributed by atoms with Gasteiger partial charge in [-0.15, -0.1) is 15.3 Å². The first-order chi connectivity index (χ1) is 60.4. The third-order valence-electron chi connectivity index (χ3n) is 25.0. The molecule has 15 heterocycles. The van der Waals surface area contributed by atoms with Crippen molar-refractivity contribution in [3.63, 3.8) is 0 Å². The Morgan fingerprint density at radius 3 is 1.32 bits per heavy atom. The summed E-state index contributed by atoms with van der Waals surface area (Å²) in [5.41, 5.74) is 17.3. The average molecular weight is 1830 g/mol. The summed E-state index contributed by atoms with van der Waals surface area (Å²) >= 11 is 50.7. The van der Waals surface area contributed by atoms with Crippen molar-refractivity contribution in [3.05, 3.63) is 324 Å². The zero-order valence-corrected chi connectivity index (χ0v) is 71.1. The van der Waals surface area contributed by atoms with E-state index in [0.717, 1.165) is 129 Å². The Labute approximate surface area is 746 Å². The van der Waals surface area contributed by atoms with Crippen molar-refractivity contribution in [2.24, 2.45) is 17.8 Å². The van der Waals surface area contributed by atoms with Crippen molar-refractivity contribution >= 4 is 110 Å². The van der Waals surface area contributed by atoms with E-state index >= 15 is 13.2 Å². The van der Waals surface area contributed by atoms with Gasteiger partial charge < -0.3 is 40.0 Å². The van der Waals surface area contributed by atoms with Crippen LogP contribution in [0.4, 0.5) is 30.2 Å². The number of fused-ring (bicyclic) bond motifs is 12. The van der Waals surface area contributed by atoms with Gasteiger partial charge in [0.2, 0.25) is 11.9 Å². The van der Waals surface area contributed by atoms with Crippen molar-refractivity contribution in [1.29, 1.82) is 0 Å². The number of H-pyrrole nitrogens is 3. The Kier molecular flexibility index (Phi) is 19.0. The second-order valence-electron chi connectivity index (χ2n) is 32.6. The number of benzene rings is 6. The smallest absolute Gasteiger partial charge is 0.254 e. The highest BCUT2D eigenvalue weighted by molar-refractivity contribution is 6.35. The predicted octanol–water partition coefficient (Wildman–Crippen LogP) is 20.2. The molecule has 3 saturated carbocycles. The lowest BCUT2D eigenvalue weighted by Crippen LogP contribution is -2.27. The van der Waals surface area contributed by atoms with E-state index < -0.39 is 29.8 Å². The van der Waals surface area contributed by atoms with Gasteiger partial charge in [0.15, 0.2) is 15.5 Å². The number of nitrogens with one attached hydrogen (secondary N) is 6. The number of aromatic nitrogens is 19. The fourth-order valence-electron chi connectivity index (χ4n) is 19.1. The molecule has 0 bridgehead atoms. The van der Waals surface area contributed by atoms with Crippen LogP contribution in [0.2, 0.25) is 40.6 Å². The third-order valence-corrected chi connectivity index (χ3v) is 27.1. The number of anilines is 3. The Balaban J connectivity index is 0.000000111. The molecule has 3 aliphatic carbocycles. The molecule has 9 aromatic heterocycles. The molecule has 24 rings (SSSR count). The molecule has 25 nitrogen and oxygen atoms in total. The zero-order chi connectivity index (χ0) is 85.7. The summed E-state index contributed by atoms with van der Waals surface area (Å²) in [6, 6.07) is 34.4. The highest BCUT2D eigenvalue weighted by Crippen LogP contribution is 2.63. The molecule has 0 radical (unpaired) electrons. The average Bonchev–Trinajstić information content (AvgIpc) is 1.55. The van der Waals surface area contributed by atoms with Crippen LogP contribution in [-0.2, 0) is 19.3 Å². The van der Waals surface area contributed by atoms with E-state index in [-0.39, 0.29) is 90.5 Å². The molecule has 0 spiro atoms. The lowest BCUT2D eigenvalue weighted by Gasteiger charge is -2.22. The summed E-state index contributed by atoms with van der Waals surface area (Å²) < 4.78 is 56.1. The van der Waals surface area contributed by atoms with Gasteiger partial charge in [0.05, 0.1) is 81.4 Å². The van der Waals surface area contributed by atoms with Crippen LogP contribution in [0.15, 0.2) is 197 Å². The van der Waals surface area contributed by atoms with Crippen LogP contribution in [0.5, 0.6) is 0 Å². The summed E-state index contributed by atoms with van der Waals surface area (Å²) in [7, 11) is 0. The molecule has 624 valence electrons. The van der Waals surface area contributed by atoms with Crippen LogP contribution in [-0.4, -0.2) is 93.6 Å². The van der Waals surface area contributed by atoms with Gasteiger partial charge in [0.25, 0.3) is 16.7 Å². The van der Waals surface area contributed by atoms with E-state index in [1.807, 2.05) is 53.2 Å². The summed E-state index contributed by atoms with van der Waals surface area (Å²) in [6.07, 6.45) is 13.4. The predicted molar refractivity (Wildman–Crippen MR) is 473 cm³/mol. The van der Waals surface area contributed by atoms with Crippen molar-refractivity contribution < 1.29 is 13.2 Å². The Bertz CT molecular complexity index is 7110. The lowest BCUT2D eigenvalue weighted by molar-refractivity contribution is 0.500. The zero-order valence-electron chi connectivity index (χ0n) is 65.1. The van der Waals surface area contributed by atoms with Crippen LogP contribution < -0.4 is 32.6 Å². The Morgan fingerprint density at radius 1 is 0.400 bits per heavy atom. The molecule has 125 heavy (non-hydrogen) atoms. The maximum Gasteiger partial charge on any atom is 0.254 e. The minimum atomic E-state index is -0.754. The Morgan fingerprint density at radius 2 is 0.816 bits per heavy atom. The minimum Gasteiger partial charge on any atom is -0.359 e. The molecule has 9 unspecified atom stereocenters. The van der Waals surface area contributed by atoms with E-state index in [2.05, 4.69) is 92.6 Å². The second kappa shape index (κ2) is 30.1. The molecule has 6 aromatic carbocycles. The van der Waals surface area contributed by atoms with Gasteiger partial charge in [-0.25, -0.2) is 38.4 Å². The normalized spacial score (nSPS) is 20.2. The summed E-state index contributed by atoms with van der Waals surface area (Å²) in [5, 5.41) is 36.9. The molecule has 6 N–H and O–H groups in total. The van der Waals surface area contributed by atoms with Crippen molar-refractivity contribution in [3.8, 4) is 84.3 Å². The highest BCUT2D eigenvalue weighted by Gasteiger charge is 2.58. The van der Waals surface area contributed by atoms with Crippen LogP contribution in [0.3, 0.4) is 0 Å². The number of aromatic amines is 3. The van der Waals surface area contributed by atoms with Gasteiger partial charge in [-0.05, 0) is 201 Å². The summed E-state index contributed by atoms with van der Waals surface area (Å²) in [5.74, 6) is 1.06.